The predicted molar refractivity (Wildman–Crippen MR) is 112 cm³/mol. The van der Waals surface area contributed by atoms with E-state index in [2.05, 4.69) is 21.4 Å². The Labute approximate surface area is 171 Å². The van der Waals surface area contributed by atoms with Gasteiger partial charge in [-0.05, 0) is 54.6 Å². The summed E-state index contributed by atoms with van der Waals surface area (Å²) >= 11 is 0. The lowest BCUT2D eigenvalue weighted by Crippen LogP contribution is -2.22. The Balaban J connectivity index is 1.35. The zero-order chi connectivity index (χ0) is 20.5. The van der Waals surface area contributed by atoms with Gasteiger partial charge < -0.3 is 9.72 Å². The molecule has 0 fully saturated rings. The number of rotatable bonds is 4. The first-order valence-corrected chi connectivity index (χ1v) is 9.40. The van der Waals surface area contributed by atoms with Crippen molar-refractivity contribution in [3.05, 3.63) is 96.2 Å². The van der Waals surface area contributed by atoms with E-state index in [0.29, 0.717) is 17.7 Å². The Morgan fingerprint density at radius 1 is 1.10 bits per heavy atom. The fourth-order valence-corrected chi connectivity index (χ4v) is 3.40. The van der Waals surface area contributed by atoms with E-state index < -0.39 is 0 Å². The highest BCUT2D eigenvalue weighted by atomic mass is 16.1. The van der Waals surface area contributed by atoms with Crippen molar-refractivity contribution in [3.8, 4) is 11.8 Å². The number of pyridine rings is 1. The van der Waals surface area contributed by atoms with E-state index in [4.69, 9.17) is 5.26 Å². The molecular weight excluding hydrogens is 376 g/mol. The summed E-state index contributed by atoms with van der Waals surface area (Å²) in [5.41, 5.74) is 5.29. The topological polar surface area (TPSA) is 88.0 Å². The number of fused-ring (bicyclic) bond motifs is 2. The van der Waals surface area contributed by atoms with Gasteiger partial charge >= 0.3 is 0 Å². The molecular formula is C23H16N6O. The molecule has 3 aromatic heterocycles. The number of nitrogens with zero attached hydrogens (tertiary/aromatic N) is 5. The van der Waals surface area contributed by atoms with Crippen molar-refractivity contribution in [3.63, 3.8) is 0 Å². The largest absolute Gasteiger partial charge is 0.346 e. The lowest BCUT2D eigenvalue weighted by atomic mass is 10.1. The number of hydrogen-bond donors (Lipinski definition) is 1. The van der Waals surface area contributed by atoms with Crippen molar-refractivity contribution < 1.29 is 4.79 Å². The van der Waals surface area contributed by atoms with Gasteiger partial charge in [0, 0.05) is 23.6 Å². The van der Waals surface area contributed by atoms with E-state index in [1.807, 2.05) is 57.8 Å². The third-order valence-corrected chi connectivity index (χ3v) is 4.93. The average molecular weight is 392 g/mol. The smallest absolute Gasteiger partial charge is 0.251 e. The van der Waals surface area contributed by atoms with Gasteiger partial charge in [-0.15, -0.1) is 0 Å². The van der Waals surface area contributed by atoms with Crippen LogP contribution in [0.25, 0.3) is 22.4 Å². The first-order valence-electron chi connectivity index (χ1n) is 9.40. The SMILES string of the molecule is N#Cc1ccc(-n2cnc3cc(C(=O)NCc4cn5ccccc5n4)ccc32)cc1. The van der Waals surface area contributed by atoms with Crippen LogP contribution in [0.1, 0.15) is 21.6 Å². The van der Waals surface area contributed by atoms with Gasteiger partial charge in [-0.25, -0.2) is 9.97 Å². The minimum absolute atomic E-state index is 0.179. The number of nitriles is 1. The van der Waals surface area contributed by atoms with E-state index in [1.165, 1.54) is 0 Å². The molecule has 0 spiro atoms. The van der Waals surface area contributed by atoms with Crippen LogP contribution in [0.4, 0.5) is 0 Å². The Hall–Kier alpha value is -4.44. The monoisotopic (exact) mass is 392 g/mol. The van der Waals surface area contributed by atoms with E-state index in [-0.39, 0.29) is 5.91 Å². The second kappa shape index (κ2) is 7.18. The molecule has 0 aliphatic heterocycles. The minimum atomic E-state index is -0.179. The maximum Gasteiger partial charge on any atom is 0.251 e. The van der Waals surface area contributed by atoms with Crippen LogP contribution in [0.2, 0.25) is 0 Å². The number of nitrogens with one attached hydrogen (secondary N) is 1. The molecule has 30 heavy (non-hydrogen) atoms. The summed E-state index contributed by atoms with van der Waals surface area (Å²) in [7, 11) is 0. The van der Waals surface area contributed by atoms with Gasteiger partial charge in [0.25, 0.3) is 5.91 Å². The molecule has 1 N–H and O–H groups in total. The summed E-state index contributed by atoms with van der Waals surface area (Å²) < 4.78 is 3.85. The first kappa shape index (κ1) is 17.6. The number of carbonyl (C=O) groups is 1. The second-order valence-corrected chi connectivity index (χ2v) is 6.86. The molecule has 0 saturated heterocycles. The standard InChI is InChI=1S/C23H16N6O/c24-12-16-4-7-19(8-5-16)29-15-26-20-11-17(6-9-21(20)29)23(30)25-13-18-14-28-10-2-1-3-22(28)27-18/h1-11,14-15H,13H2,(H,25,30). The third-order valence-electron chi connectivity index (χ3n) is 4.93. The van der Waals surface area contributed by atoms with Crippen molar-refractivity contribution in [1.29, 1.82) is 5.26 Å². The fraction of sp³-hybridized carbons (Fsp3) is 0.0435. The van der Waals surface area contributed by atoms with Crippen molar-refractivity contribution in [2.24, 2.45) is 0 Å². The van der Waals surface area contributed by atoms with Crippen LogP contribution in [0.3, 0.4) is 0 Å². The number of aromatic nitrogens is 4. The van der Waals surface area contributed by atoms with Gasteiger partial charge in [0.05, 0.1) is 34.9 Å². The van der Waals surface area contributed by atoms with Crippen molar-refractivity contribution in [1.82, 2.24) is 24.3 Å². The molecule has 0 radical (unpaired) electrons. The van der Waals surface area contributed by atoms with Gasteiger partial charge in [-0.1, -0.05) is 6.07 Å². The molecule has 7 nitrogen and oxygen atoms in total. The summed E-state index contributed by atoms with van der Waals surface area (Å²) in [5.74, 6) is -0.179. The molecule has 0 unspecified atom stereocenters. The van der Waals surface area contributed by atoms with Crippen LogP contribution < -0.4 is 5.32 Å². The van der Waals surface area contributed by atoms with E-state index in [9.17, 15) is 4.79 Å². The number of hydrogen-bond acceptors (Lipinski definition) is 4. The molecule has 0 bridgehead atoms. The minimum Gasteiger partial charge on any atom is -0.346 e. The van der Waals surface area contributed by atoms with E-state index >= 15 is 0 Å². The number of amides is 1. The van der Waals surface area contributed by atoms with Crippen LogP contribution in [-0.4, -0.2) is 24.8 Å². The molecule has 0 saturated carbocycles. The quantitative estimate of drug-likeness (QED) is 0.507. The Kier molecular flexibility index (Phi) is 4.23. The summed E-state index contributed by atoms with van der Waals surface area (Å²) in [5, 5.41) is 11.9. The molecule has 1 amide bonds. The van der Waals surface area contributed by atoms with Crippen LogP contribution >= 0.6 is 0 Å². The zero-order valence-electron chi connectivity index (χ0n) is 15.9. The molecule has 0 aliphatic carbocycles. The van der Waals surface area contributed by atoms with Crippen molar-refractivity contribution in [2.45, 2.75) is 6.54 Å². The fourth-order valence-electron chi connectivity index (χ4n) is 3.40. The molecule has 7 heteroatoms. The Morgan fingerprint density at radius 3 is 2.77 bits per heavy atom. The van der Waals surface area contributed by atoms with Crippen LogP contribution in [-0.2, 0) is 6.54 Å². The van der Waals surface area contributed by atoms with E-state index in [1.54, 1.807) is 30.6 Å². The lowest BCUT2D eigenvalue weighted by Gasteiger charge is -2.06. The first-order chi connectivity index (χ1) is 14.7. The van der Waals surface area contributed by atoms with Gasteiger partial charge in [0.15, 0.2) is 0 Å². The average Bonchev–Trinajstić information content (AvgIpc) is 3.40. The van der Waals surface area contributed by atoms with Gasteiger partial charge in [-0.2, -0.15) is 5.26 Å². The zero-order valence-corrected chi connectivity index (χ0v) is 15.9. The summed E-state index contributed by atoms with van der Waals surface area (Å²) in [6.07, 6.45) is 5.54. The third kappa shape index (κ3) is 3.16. The molecule has 0 atom stereocenters. The lowest BCUT2D eigenvalue weighted by molar-refractivity contribution is 0.0950. The maximum absolute atomic E-state index is 12.6. The summed E-state index contributed by atoms with van der Waals surface area (Å²) in [6, 6.07) is 20.6. The second-order valence-electron chi connectivity index (χ2n) is 6.86. The number of imidazole rings is 2. The summed E-state index contributed by atoms with van der Waals surface area (Å²) in [4.78, 5) is 21.5. The molecule has 144 valence electrons. The number of carbonyl (C=O) groups excluding carboxylic acids is 1. The molecule has 3 heterocycles. The normalized spacial score (nSPS) is 10.9. The summed E-state index contributed by atoms with van der Waals surface area (Å²) in [6.45, 7) is 0.345. The Bertz CT molecular complexity index is 1390. The maximum atomic E-state index is 12.6. The Morgan fingerprint density at radius 2 is 1.97 bits per heavy atom. The van der Waals surface area contributed by atoms with Crippen LogP contribution in [0.5, 0.6) is 0 Å². The molecule has 5 rings (SSSR count). The number of benzene rings is 2. The highest BCUT2D eigenvalue weighted by Gasteiger charge is 2.11. The van der Waals surface area contributed by atoms with Gasteiger partial charge in [-0.3, -0.25) is 9.36 Å². The van der Waals surface area contributed by atoms with E-state index in [0.717, 1.165) is 28.1 Å². The van der Waals surface area contributed by atoms with Crippen LogP contribution in [0.15, 0.2) is 79.4 Å². The molecule has 2 aromatic carbocycles. The van der Waals surface area contributed by atoms with Gasteiger partial charge in [0.1, 0.15) is 12.0 Å². The highest BCUT2D eigenvalue weighted by molar-refractivity contribution is 5.97. The molecule has 0 aliphatic rings. The molecule has 5 aromatic rings. The predicted octanol–water partition coefficient (Wildman–Crippen LogP) is 3.47. The van der Waals surface area contributed by atoms with Crippen molar-refractivity contribution in [2.75, 3.05) is 0 Å². The van der Waals surface area contributed by atoms with Crippen LogP contribution in [0, 0.1) is 11.3 Å². The van der Waals surface area contributed by atoms with Crippen molar-refractivity contribution >= 4 is 22.6 Å². The van der Waals surface area contributed by atoms with Gasteiger partial charge in [0.2, 0.25) is 0 Å². The highest BCUT2D eigenvalue weighted by Crippen LogP contribution is 2.20.